The summed E-state index contributed by atoms with van der Waals surface area (Å²) in [5.74, 6) is -3.35. The maximum atomic E-state index is 14.0. The summed E-state index contributed by atoms with van der Waals surface area (Å²) in [6.07, 6.45) is -3.39. The molecule has 0 aliphatic carbocycles. The fourth-order valence-corrected chi connectivity index (χ4v) is 6.34. The molecule has 3 unspecified atom stereocenters. The topological polar surface area (TPSA) is 150 Å². The van der Waals surface area contributed by atoms with Crippen LogP contribution in [0.3, 0.4) is 0 Å². The van der Waals surface area contributed by atoms with Crippen LogP contribution < -0.4 is 0 Å². The lowest BCUT2D eigenvalue weighted by atomic mass is 9.86. The summed E-state index contributed by atoms with van der Waals surface area (Å²) in [4.78, 5) is 66.9. The molecule has 12 heteroatoms. The van der Waals surface area contributed by atoms with E-state index >= 15 is 0 Å². The van der Waals surface area contributed by atoms with E-state index in [-0.39, 0.29) is 55.3 Å². The molecule has 1 aliphatic heterocycles. The average molecular weight is 801 g/mol. The molecule has 1 fully saturated rings. The predicted octanol–water partition coefficient (Wildman–Crippen LogP) is 7.57. The maximum absolute atomic E-state index is 14.0. The van der Waals surface area contributed by atoms with E-state index in [1.54, 1.807) is 121 Å². The fraction of sp³-hybridized carbons (Fsp3) is 0.255. The van der Waals surface area contributed by atoms with Crippen molar-refractivity contribution >= 4 is 29.8 Å². The molecule has 0 saturated carbocycles. The van der Waals surface area contributed by atoms with Crippen LogP contribution in [0, 0.1) is 0 Å². The van der Waals surface area contributed by atoms with E-state index in [1.165, 1.54) is 0 Å². The number of hydrogen-bond acceptors (Lipinski definition) is 12. The first-order chi connectivity index (χ1) is 28.8. The van der Waals surface area contributed by atoms with Gasteiger partial charge in [0.1, 0.15) is 19.8 Å². The third-order valence-corrected chi connectivity index (χ3v) is 9.38. The molecule has 0 N–H and O–H groups in total. The van der Waals surface area contributed by atoms with Crippen LogP contribution in [0.25, 0.3) is 0 Å². The van der Waals surface area contributed by atoms with Gasteiger partial charge in [-0.15, -0.1) is 0 Å². The molecule has 5 aromatic rings. The molecule has 0 aromatic heterocycles. The summed E-state index contributed by atoms with van der Waals surface area (Å²) in [5, 5.41) is 0. The molecule has 12 nitrogen and oxygen atoms in total. The van der Waals surface area contributed by atoms with Crippen LogP contribution in [0.15, 0.2) is 152 Å². The fourth-order valence-electron chi connectivity index (χ4n) is 6.34. The van der Waals surface area contributed by atoms with Crippen LogP contribution in [0.1, 0.15) is 72.7 Å². The lowest BCUT2D eigenvalue weighted by Gasteiger charge is -2.47. The Morgan fingerprint density at radius 1 is 0.559 bits per heavy atom. The molecular weight excluding hydrogens is 757 g/mol. The summed E-state index contributed by atoms with van der Waals surface area (Å²) < 4.78 is 42.1. The third kappa shape index (κ3) is 12.2. The van der Waals surface area contributed by atoms with Crippen LogP contribution in [0.2, 0.25) is 0 Å². The average Bonchev–Trinajstić information content (AvgIpc) is 3.29. The van der Waals surface area contributed by atoms with Gasteiger partial charge in [0.15, 0.2) is 18.0 Å². The number of unbranched alkanes of at least 4 members (excludes halogenated alkanes) is 1. The molecule has 0 amide bonds. The van der Waals surface area contributed by atoms with E-state index in [0.717, 1.165) is 5.56 Å². The van der Waals surface area contributed by atoms with Crippen molar-refractivity contribution in [2.45, 2.75) is 56.4 Å². The first-order valence-electron chi connectivity index (χ1n) is 19.2. The molecule has 0 bridgehead atoms. The molecule has 0 radical (unpaired) electrons. The van der Waals surface area contributed by atoms with Crippen LogP contribution in [-0.4, -0.2) is 73.8 Å². The minimum atomic E-state index is -1.95. The number of carbonyl (C=O) groups excluding carboxylic acids is 5. The van der Waals surface area contributed by atoms with E-state index in [4.69, 9.17) is 33.2 Å². The minimum absolute atomic E-state index is 0.000935. The van der Waals surface area contributed by atoms with E-state index in [2.05, 4.69) is 0 Å². The predicted molar refractivity (Wildman–Crippen MR) is 213 cm³/mol. The molecule has 1 heterocycles. The quantitative estimate of drug-likeness (QED) is 0.0489. The van der Waals surface area contributed by atoms with Gasteiger partial charge in [0.05, 0.1) is 28.4 Å². The lowest BCUT2D eigenvalue weighted by Crippen LogP contribution is -2.64. The zero-order valence-corrected chi connectivity index (χ0v) is 32.2. The van der Waals surface area contributed by atoms with Crippen LogP contribution in [-0.2, 0) is 44.6 Å². The Labute approximate surface area is 341 Å². The monoisotopic (exact) mass is 800 g/mol. The molecule has 1 saturated heterocycles. The van der Waals surface area contributed by atoms with Crippen molar-refractivity contribution in [3.05, 3.63) is 179 Å². The second-order valence-electron chi connectivity index (χ2n) is 13.7. The van der Waals surface area contributed by atoms with Gasteiger partial charge in [-0.3, -0.25) is 4.79 Å². The number of carbonyl (C=O) groups is 5. The van der Waals surface area contributed by atoms with Crippen molar-refractivity contribution in [1.82, 2.24) is 0 Å². The summed E-state index contributed by atoms with van der Waals surface area (Å²) in [5.41, 5.74) is -0.203. The lowest BCUT2D eigenvalue weighted by molar-refractivity contribution is -0.301. The second-order valence-corrected chi connectivity index (χ2v) is 13.7. The number of esters is 5. The van der Waals surface area contributed by atoms with Gasteiger partial charge in [-0.1, -0.05) is 103 Å². The summed E-state index contributed by atoms with van der Waals surface area (Å²) in [7, 11) is 0. The van der Waals surface area contributed by atoms with Crippen LogP contribution >= 0.6 is 0 Å². The Morgan fingerprint density at radius 2 is 1.05 bits per heavy atom. The SMILES string of the molecule is O=C(CCCCO[C@H]1OC(COC(=O)c2ccccc2)CC(COC(=O)c2ccccc2)(OC(=O)c2ccccc2)C1OC(=O)c1ccccc1)OCc1ccccc1. The highest BCUT2D eigenvalue weighted by Crippen LogP contribution is 2.38. The van der Waals surface area contributed by atoms with E-state index in [1.807, 2.05) is 30.3 Å². The van der Waals surface area contributed by atoms with Crippen molar-refractivity contribution in [1.29, 1.82) is 0 Å². The summed E-state index contributed by atoms with van der Waals surface area (Å²) >= 11 is 0. The minimum Gasteiger partial charge on any atom is -0.461 e. The Bertz CT molecular complexity index is 2110. The Hall–Kier alpha value is -6.63. The third-order valence-electron chi connectivity index (χ3n) is 9.38. The molecule has 6 rings (SSSR count). The highest BCUT2D eigenvalue weighted by Gasteiger charge is 2.57. The molecule has 1 aliphatic rings. The first-order valence-corrected chi connectivity index (χ1v) is 19.2. The Morgan fingerprint density at radius 3 is 1.61 bits per heavy atom. The van der Waals surface area contributed by atoms with E-state index in [9.17, 15) is 24.0 Å². The van der Waals surface area contributed by atoms with Crippen molar-refractivity contribution < 1.29 is 57.1 Å². The van der Waals surface area contributed by atoms with Crippen molar-refractivity contribution in [3.63, 3.8) is 0 Å². The maximum Gasteiger partial charge on any atom is 0.338 e. The standard InChI is InChI=1S/C47H44O12/c48-40(54-31-34-18-6-1-7-19-34)28-16-17-29-53-46-41(58-44(51)37-24-12-4-13-25-37)47(59-45(52)38-26-14-5-15-27-38,33-56-43(50)36-22-10-3-11-23-36)30-39(57-46)32-55-42(49)35-20-8-2-9-21-35/h1-15,18-27,39,41,46H,16-17,28-33H2/t39?,41?,46-,47?/m0/s1. The van der Waals surface area contributed by atoms with Gasteiger partial charge in [-0.05, 0) is 66.9 Å². The molecule has 5 aromatic carbocycles. The van der Waals surface area contributed by atoms with Crippen LogP contribution in [0.4, 0.5) is 0 Å². The van der Waals surface area contributed by atoms with Gasteiger partial charge >= 0.3 is 29.8 Å². The second kappa shape index (κ2) is 21.2. The first kappa shape index (κ1) is 42.0. The molecule has 0 spiro atoms. The van der Waals surface area contributed by atoms with Gasteiger partial charge in [0.25, 0.3) is 0 Å². The summed E-state index contributed by atoms with van der Waals surface area (Å²) in [6.45, 7) is -0.794. The van der Waals surface area contributed by atoms with Gasteiger partial charge in [0.2, 0.25) is 0 Å². The molecule has 59 heavy (non-hydrogen) atoms. The number of rotatable bonds is 18. The van der Waals surface area contributed by atoms with E-state index in [0.29, 0.717) is 18.4 Å². The van der Waals surface area contributed by atoms with Gasteiger partial charge < -0.3 is 33.2 Å². The van der Waals surface area contributed by atoms with Gasteiger partial charge in [-0.2, -0.15) is 0 Å². The van der Waals surface area contributed by atoms with Gasteiger partial charge in [-0.25, -0.2) is 19.2 Å². The van der Waals surface area contributed by atoms with Crippen molar-refractivity contribution in [3.8, 4) is 0 Å². The Kier molecular flexibility index (Phi) is 15.1. The molecule has 4 atom stereocenters. The summed E-state index contributed by atoms with van der Waals surface area (Å²) in [6, 6.07) is 42.2. The normalized spacial score (nSPS) is 18.5. The van der Waals surface area contributed by atoms with Crippen LogP contribution in [0.5, 0.6) is 0 Å². The van der Waals surface area contributed by atoms with Gasteiger partial charge in [0, 0.05) is 19.4 Å². The Balaban J connectivity index is 1.28. The zero-order valence-electron chi connectivity index (χ0n) is 32.2. The highest BCUT2D eigenvalue weighted by atomic mass is 16.7. The largest absolute Gasteiger partial charge is 0.461 e. The highest BCUT2D eigenvalue weighted by molar-refractivity contribution is 5.91. The van der Waals surface area contributed by atoms with E-state index < -0.39 is 54.6 Å². The van der Waals surface area contributed by atoms with Crippen molar-refractivity contribution in [2.24, 2.45) is 0 Å². The smallest absolute Gasteiger partial charge is 0.338 e. The number of benzene rings is 5. The molecule has 304 valence electrons. The number of hydrogen-bond donors (Lipinski definition) is 0. The zero-order chi connectivity index (χ0) is 41.3. The molecular formula is C47H44O12. The van der Waals surface area contributed by atoms with Crippen molar-refractivity contribution in [2.75, 3.05) is 19.8 Å². The number of ether oxygens (including phenoxy) is 7.